The summed E-state index contributed by atoms with van der Waals surface area (Å²) in [6, 6.07) is 2.10. The van der Waals surface area contributed by atoms with Gasteiger partial charge in [-0.1, -0.05) is 0 Å². The van der Waals surface area contributed by atoms with Crippen LogP contribution in [0.3, 0.4) is 0 Å². The van der Waals surface area contributed by atoms with Crippen molar-refractivity contribution in [3.63, 3.8) is 0 Å². The molecule has 0 saturated carbocycles. The molecule has 1 rings (SSSR count). The lowest BCUT2D eigenvalue weighted by Gasteiger charge is -2.36. The zero-order valence-electron chi connectivity index (χ0n) is 14.3. The Balaban J connectivity index is 2.50. The van der Waals surface area contributed by atoms with Crippen LogP contribution in [0.1, 0.15) is 46.4 Å². The van der Waals surface area contributed by atoms with Gasteiger partial charge < -0.3 is 15.0 Å². The number of nitrogens with one attached hydrogen (secondary N) is 1. The molecule has 4 nitrogen and oxygen atoms in total. The predicted molar refractivity (Wildman–Crippen MR) is 96.4 cm³/mol. The minimum absolute atomic E-state index is 0.263. The van der Waals surface area contributed by atoms with Gasteiger partial charge in [-0.15, -0.1) is 11.3 Å². The third-order valence-electron chi connectivity index (χ3n) is 2.86. The highest BCUT2D eigenvalue weighted by molar-refractivity contribution is 9.10. The van der Waals surface area contributed by atoms with Crippen LogP contribution < -0.4 is 5.32 Å². The normalized spacial score (nSPS) is 12.3. The van der Waals surface area contributed by atoms with Crippen LogP contribution in [0.2, 0.25) is 0 Å². The summed E-state index contributed by atoms with van der Waals surface area (Å²) in [5, 5.41) is 5.44. The van der Waals surface area contributed by atoms with Crippen LogP contribution in [0, 0.1) is 0 Å². The lowest BCUT2D eigenvalue weighted by molar-refractivity contribution is 0.00664. The van der Waals surface area contributed by atoms with Gasteiger partial charge in [0.05, 0.1) is 0 Å². The van der Waals surface area contributed by atoms with E-state index in [-0.39, 0.29) is 11.6 Å². The molecule has 0 aliphatic heterocycles. The summed E-state index contributed by atoms with van der Waals surface area (Å²) in [6.07, 6.45) is -0.263. The van der Waals surface area contributed by atoms with Crippen molar-refractivity contribution in [1.82, 2.24) is 10.2 Å². The largest absolute Gasteiger partial charge is 0.444 e. The van der Waals surface area contributed by atoms with E-state index < -0.39 is 5.60 Å². The molecule has 0 bridgehead atoms. The Morgan fingerprint density at radius 3 is 2.41 bits per heavy atom. The van der Waals surface area contributed by atoms with Gasteiger partial charge in [-0.2, -0.15) is 0 Å². The first-order chi connectivity index (χ1) is 9.99. The zero-order chi connectivity index (χ0) is 17.0. The predicted octanol–water partition coefficient (Wildman–Crippen LogP) is 4.64. The molecular weight excluding hydrogens is 364 g/mol. The molecular formula is C16H27BrN2O2S. The van der Waals surface area contributed by atoms with Crippen molar-refractivity contribution in [2.45, 2.75) is 59.2 Å². The number of hydrogen-bond donors (Lipinski definition) is 1. The van der Waals surface area contributed by atoms with Crippen LogP contribution in [0.4, 0.5) is 4.79 Å². The van der Waals surface area contributed by atoms with Gasteiger partial charge in [-0.25, -0.2) is 4.79 Å². The van der Waals surface area contributed by atoms with Crippen LogP contribution >= 0.6 is 27.3 Å². The van der Waals surface area contributed by atoms with E-state index in [0.717, 1.165) is 17.6 Å². The second-order valence-electron chi connectivity index (χ2n) is 7.21. The van der Waals surface area contributed by atoms with Gasteiger partial charge in [0.15, 0.2) is 0 Å². The molecule has 6 heteroatoms. The van der Waals surface area contributed by atoms with Gasteiger partial charge in [-0.3, -0.25) is 0 Å². The lowest BCUT2D eigenvalue weighted by Crippen LogP contribution is -2.50. The van der Waals surface area contributed by atoms with Crippen molar-refractivity contribution in [2.75, 3.05) is 13.1 Å². The quantitative estimate of drug-likeness (QED) is 0.744. The molecule has 22 heavy (non-hydrogen) atoms. The fourth-order valence-electron chi connectivity index (χ4n) is 1.87. The van der Waals surface area contributed by atoms with E-state index in [0.29, 0.717) is 6.54 Å². The van der Waals surface area contributed by atoms with Gasteiger partial charge in [0.1, 0.15) is 5.60 Å². The molecule has 0 radical (unpaired) electrons. The van der Waals surface area contributed by atoms with Gasteiger partial charge in [0.2, 0.25) is 0 Å². The SMILES string of the molecule is CC(C)(C)OC(=O)N(CCNCc1cc(Br)cs1)C(C)(C)C. The second kappa shape index (κ2) is 7.79. The Morgan fingerprint density at radius 1 is 1.32 bits per heavy atom. The molecule has 0 aliphatic carbocycles. The molecule has 0 saturated heterocycles. The summed E-state index contributed by atoms with van der Waals surface area (Å²) in [5.74, 6) is 0. The molecule has 0 fully saturated rings. The highest BCUT2D eigenvalue weighted by Gasteiger charge is 2.30. The molecule has 0 spiro atoms. The van der Waals surface area contributed by atoms with E-state index >= 15 is 0 Å². The summed E-state index contributed by atoms with van der Waals surface area (Å²) in [7, 11) is 0. The summed E-state index contributed by atoms with van der Waals surface area (Å²) in [5.41, 5.74) is -0.743. The zero-order valence-corrected chi connectivity index (χ0v) is 16.7. The Labute approximate surface area is 146 Å². The molecule has 1 aromatic rings. The average Bonchev–Trinajstić information content (AvgIpc) is 2.70. The van der Waals surface area contributed by atoms with Crippen LogP contribution in [0.15, 0.2) is 15.9 Å². The summed E-state index contributed by atoms with van der Waals surface area (Å²) in [6.45, 7) is 13.9. The first kappa shape index (κ1) is 19.5. The minimum Gasteiger partial charge on any atom is -0.444 e. The van der Waals surface area contributed by atoms with Crippen molar-refractivity contribution in [3.8, 4) is 0 Å². The van der Waals surface area contributed by atoms with E-state index in [1.165, 1.54) is 4.88 Å². The number of rotatable bonds is 5. The molecule has 1 amide bonds. The minimum atomic E-state index is -0.475. The molecule has 1 aromatic heterocycles. The molecule has 1 heterocycles. The van der Waals surface area contributed by atoms with Gasteiger partial charge in [-0.05, 0) is 63.5 Å². The van der Waals surface area contributed by atoms with Crippen LogP contribution in [-0.2, 0) is 11.3 Å². The molecule has 126 valence electrons. The van der Waals surface area contributed by atoms with E-state index in [2.05, 4.69) is 32.7 Å². The third-order valence-corrected chi connectivity index (χ3v) is 4.55. The van der Waals surface area contributed by atoms with Crippen LogP contribution in [-0.4, -0.2) is 35.2 Å². The van der Waals surface area contributed by atoms with Crippen molar-refractivity contribution >= 4 is 33.4 Å². The number of ether oxygens (including phenoxy) is 1. The van der Waals surface area contributed by atoms with Crippen molar-refractivity contribution in [1.29, 1.82) is 0 Å². The topological polar surface area (TPSA) is 41.6 Å². The first-order valence-corrected chi connectivity index (χ1v) is 9.10. The maximum atomic E-state index is 12.3. The lowest BCUT2D eigenvalue weighted by atomic mass is 10.1. The Hall–Kier alpha value is -0.590. The fourth-order valence-corrected chi connectivity index (χ4v) is 3.29. The summed E-state index contributed by atoms with van der Waals surface area (Å²) in [4.78, 5) is 15.4. The molecule has 0 atom stereocenters. The number of amides is 1. The number of carbonyl (C=O) groups excluding carboxylic acids is 1. The second-order valence-corrected chi connectivity index (χ2v) is 9.12. The van der Waals surface area contributed by atoms with E-state index in [9.17, 15) is 4.79 Å². The smallest absolute Gasteiger partial charge is 0.410 e. The Morgan fingerprint density at radius 2 is 1.95 bits per heavy atom. The van der Waals surface area contributed by atoms with Crippen molar-refractivity contribution in [2.24, 2.45) is 0 Å². The van der Waals surface area contributed by atoms with Crippen molar-refractivity contribution in [3.05, 3.63) is 20.8 Å². The molecule has 0 aliphatic rings. The van der Waals surface area contributed by atoms with E-state index in [4.69, 9.17) is 4.74 Å². The summed E-state index contributed by atoms with van der Waals surface area (Å²) < 4.78 is 6.61. The molecule has 0 aromatic carbocycles. The number of halogens is 1. The first-order valence-electron chi connectivity index (χ1n) is 7.43. The molecule has 1 N–H and O–H groups in total. The van der Waals surface area contributed by atoms with E-state index in [1.807, 2.05) is 41.5 Å². The van der Waals surface area contributed by atoms with Crippen LogP contribution in [0.5, 0.6) is 0 Å². The maximum absolute atomic E-state index is 12.3. The monoisotopic (exact) mass is 390 g/mol. The van der Waals surface area contributed by atoms with Gasteiger partial charge in [0, 0.05) is 39.9 Å². The van der Waals surface area contributed by atoms with Gasteiger partial charge in [0.25, 0.3) is 0 Å². The highest BCUT2D eigenvalue weighted by Crippen LogP contribution is 2.20. The Bertz CT molecular complexity index is 489. The number of thiophene rings is 1. The molecule has 0 unspecified atom stereocenters. The number of nitrogens with zero attached hydrogens (tertiary/aromatic N) is 1. The fraction of sp³-hybridized carbons (Fsp3) is 0.688. The van der Waals surface area contributed by atoms with Crippen LogP contribution in [0.25, 0.3) is 0 Å². The highest BCUT2D eigenvalue weighted by atomic mass is 79.9. The van der Waals surface area contributed by atoms with Crippen molar-refractivity contribution < 1.29 is 9.53 Å². The third kappa shape index (κ3) is 7.11. The van der Waals surface area contributed by atoms with Gasteiger partial charge >= 0.3 is 6.09 Å². The number of carbonyl (C=O) groups is 1. The van der Waals surface area contributed by atoms with E-state index in [1.54, 1.807) is 16.2 Å². The standard InChI is InChI=1S/C16H27BrN2O2S/c1-15(2,3)19(14(20)21-16(4,5)6)8-7-18-10-13-9-12(17)11-22-13/h9,11,18H,7-8,10H2,1-6H3. The average molecular weight is 391 g/mol. The maximum Gasteiger partial charge on any atom is 0.410 e. The number of hydrogen-bond acceptors (Lipinski definition) is 4. The summed E-state index contributed by atoms with van der Waals surface area (Å²) >= 11 is 5.16. The Kier molecular flexibility index (Phi) is 6.89.